The number of anilines is 1. The van der Waals surface area contributed by atoms with Gasteiger partial charge >= 0.3 is 5.97 Å². The summed E-state index contributed by atoms with van der Waals surface area (Å²) in [4.78, 5) is 51.6. The number of Topliss-reactive ketones (excluding diaryl/α,β-unsaturated/α-hetero) is 1. The van der Waals surface area contributed by atoms with Crippen molar-refractivity contribution in [1.29, 1.82) is 0 Å². The zero-order chi connectivity index (χ0) is 24.8. The van der Waals surface area contributed by atoms with Gasteiger partial charge in [-0.1, -0.05) is 37.8 Å². The zero-order valence-corrected chi connectivity index (χ0v) is 19.8. The second kappa shape index (κ2) is 11.3. The molecule has 1 aliphatic carbocycles. The Morgan fingerprint density at radius 1 is 0.971 bits per heavy atom. The van der Waals surface area contributed by atoms with E-state index in [0.29, 0.717) is 17.0 Å². The van der Waals surface area contributed by atoms with Gasteiger partial charge in [0.15, 0.2) is 6.61 Å². The maximum atomic E-state index is 13.0. The summed E-state index contributed by atoms with van der Waals surface area (Å²) in [5.74, 6) is -1.18. The number of imide groups is 1. The second-order valence-electron chi connectivity index (χ2n) is 8.93. The first-order valence-electron chi connectivity index (χ1n) is 12.0. The minimum Gasteiger partial charge on any atom is -0.496 e. The standard InChI is InChI=1S/C27H30N2O6/c1-34-24-11-7-6-10-21(24)23(30)17-35-27(33)18-12-14-20(15-13-18)29-25(31)16-22(26(29)32)28-19-8-4-2-3-5-9-19/h6-7,10-15,19,22,28H,2-5,8-9,16-17H2,1H3. The van der Waals surface area contributed by atoms with E-state index in [2.05, 4.69) is 5.32 Å². The van der Waals surface area contributed by atoms with Crippen molar-refractivity contribution in [2.45, 2.75) is 57.0 Å². The largest absolute Gasteiger partial charge is 0.496 e. The summed E-state index contributed by atoms with van der Waals surface area (Å²) >= 11 is 0. The fourth-order valence-corrected chi connectivity index (χ4v) is 4.68. The smallest absolute Gasteiger partial charge is 0.338 e. The number of hydrogen-bond acceptors (Lipinski definition) is 7. The quantitative estimate of drug-likeness (QED) is 0.267. The Hall–Kier alpha value is -3.52. The van der Waals surface area contributed by atoms with Crippen molar-refractivity contribution in [3.05, 3.63) is 59.7 Å². The molecule has 1 unspecified atom stereocenters. The van der Waals surface area contributed by atoms with Crippen molar-refractivity contribution in [3.63, 3.8) is 0 Å². The molecule has 1 aliphatic heterocycles. The highest BCUT2D eigenvalue weighted by molar-refractivity contribution is 6.22. The maximum absolute atomic E-state index is 13.0. The maximum Gasteiger partial charge on any atom is 0.338 e. The molecule has 35 heavy (non-hydrogen) atoms. The van der Waals surface area contributed by atoms with Gasteiger partial charge in [-0.25, -0.2) is 9.69 Å². The number of amides is 2. The Balaban J connectivity index is 1.35. The van der Waals surface area contributed by atoms with Crippen LogP contribution in [0.5, 0.6) is 5.75 Å². The van der Waals surface area contributed by atoms with E-state index in [4.69, 9.17) is 9.47 Å². The predicted octanol–water partition coefficient (Wildman–Crippen LogP) is 3.68. The van der Waals surface area contributed by atoms with E-state index in [-0.39, 0.29) is 35.6 Å². The van der Waals surface area contributed by atoms with Gasteiger partial charge in [0.25, 0.3) is 5.91 Å². The molecule has 8 heteroatoms. The highest BCUT2D eigenvalue weighted by Gasteiger charge is 2.40. The number of nitrogens with zero attached hydrogens (tertiary/aromatic N) is 1. The minimum atomic E-state index is -0.674. The van der Waals surface area contributed by atoms with Crippen LogP contribution in [0.25, 0.3) is 0 Å². The van der Waals surface area contributed by atoms with Crippen LogP contribution in [-0.2, 0) is 14.3 Å². The highest BCUT2D eigenvalue weighted by atomic mass is 16.5. The van der Waals surface area contributed by atoms with Gasteiger partial charge in [0.05, 0.1) is 36.4 Å². The third-order valence-electron chi connectivity index (χ3n) is 6.54. The van der Waals surface area contributed by atoms with E-state index >= 15 is 0 Å². The molecule has 8 nitrogen and oxygen atoms in total. The summed E-state index contributed by atoms with van der Waals surface area (Å²) in [5.41, 5.74) is 0.955. The number of carbonyl (C=O) groups excluding carboxylic acids is 4. The van der Waals surface area contributed by atoms with Crippen LogP contribution in [0.1, 0.15) is 65.7 Å². The van der Waals surface area contributed by atoms with Crippen molar-refractivity contribution < 1.29 is 28.7 Å². The summed E-state index contributed by atoms with van der Waals surface area (Å²) in [6.07, 6.45) is 6.87. The number of methoxy groups -OCH3 is 1. The summed E-state index contributed by atoms with van der Waals surface area (Å²) < 4.78 is 10.3. The van der Waals surface area contributed by atoms with Crippen LogP contribution in [0.2, 0.25) is 0 Å². The van der Waals surface area contributed by atoms with Crippen LogP contribution in [0.15, 0.2) is 48.5 Å². The predicted molar refractivity (Wildman–Crippen MR) is 130 cm³/mol. The van der Waals surface area contributed by atoms with Gasteiger partial charge in [-0.15, -0.1) is 0 Å². The van der Waals surface area contributed by atoms with Gasteiger partial charge in [0.1, 0.15) is 5.75 Å². The molecule has 184 valence electrons. The summed E-state index contributed by atoms with van der Waals surface area (Å²) in [6.45, 7) is -0.432. The molecular formula is C27H30N2O6. The number of carbonyl (C=O) groups is 4. The summed E-state index contributed by atoms with van der Waals surface area (Å²) in [6, 6.07) is 12.5. The molecule has 1 saturated heterocycles. The second-order valence-corrected chi connectivity index (χ2v) is 8.93. The first-order valence-corrected chi connectivity index (χ1v) is 12.0. The monoisotopic (exact) mass is 478 g/mol. The lowest BCUT2D eigenvalue weighted by Crippen LogP contribution is -2.43. The van der Waals surface area contributed by atoms with Crippen LogP contribution in [0.3, 0.4) is 0 Å². The number of ether oxygens (including phenoxy) is 2. The van der Waals surface area contributed by atoms with Crippen molar-refractivity contribution in [1.82, 2.24) is 5.32 Å². The fourth-order valence-electron chi connectivity index (χ4n) is 4.68. The van der Waals surface area contributed by atoms with Crippen LogP contribution >= 0.6 is 0 Å². The molecule has 1 heterocycles. The number of hydrogen-bond donors (Lipinski definition) is 1. The van der Waals surface area contributed by atoms with E-state index in [1.807, 2.05) is 0 Å². The molecule has 2 amide bonds. The van der Waals surface area contributed by atoms with Crippen LogP contribution in [0.4, 0.5) is 5.69 Å². The van der Waals surface area contributed by atoms with E-state index in [1.54, 1.807) is 36.4 Å². The molecule has 1 atom stereocenters. The molecule has 0 radical (unpaired) electrons. The fraction of sp³-hybridized carbons (Fsp3) is 0.407. The average Bonchev–Trinajstić information content (AvgIpc) is 3.03. The first kappa shape index (κ1) is 24.6. The molecule has 0 bridgehead atoms. The van der Waals surface area contributed by atoms with E-state index in [0.717, 1.165) is 25.7 Å². The number of benzene rings is 2. The molecule has 2 aliphatic rings. The van der Waals surface area contributed by atoms with Crippen LogP contribution in [0, 0.1) is 0 Å². The average molecular weight is 479 g/mol. The van der Waals surface area contributed by atoms with Crippen molar-refractivity contribution in [2.75, 3.05) is 18.6 Å². The van der Waals surface area contributed by atoms with E-state index in [1.165, 1.54) is 37.0 Å². The third-order valence-corrected chi connectivity index (χ3v) is 6.54. The topological polar surface area (TPSA) is 102 Å². The van der Waals surface area contributed by atoms with Gasteiger partial charge in [-0.2, -0.15) is 0 Å². The lowest BCUT2D eigenvalue weighted by atomic mass is 10.1. The van der Waals surface area contributed by atoms with Crippen molar-refractivity contribution in [3.8, 4) is 5.75 Å². The van der Waals surface area contributed by atoms with Crippen molar-refractivity contribution >= 4 is 29.3 Å². The Morgan fingerprint density at radius 2 is 1.66 bits per heavy atom. The molecule has 0 spiro atoms. The molecule has 4 rings (SSSR count). The zero-order valence-electron chi connectivity index (χ0n) is 19.8. The number of para-hydroxylation sites is 1. The van der Waals surface area contributed by atoms with Crippen molar-refractivity contribution in [2.24, 2.45) is 0 Å². The lowest BCUT2D eigenvalue weighted by molar-refractivity contribution is -0.121. The van der Waals surface area contributed by atoms with E-state index in [9.17, 15) is 19.2 Å². The Bertz CT molecular complexity index is 1090. The minimum absolute atomic E-state index is 0.129. The normalized spacial score (nSPS) is 18.9. The Labute approximate surface area is 204 Å². The summed E-state index contributed by atoms with van der Waals surface area (Å²) in [7, 11) is 1.46. The Kier molecular flexibility index (Phi) is 7.92. The highest BCUT2D eigenvalue weighted by Crippen LogP contribution is 2.26. The van der Waals surface area contributed by atoms with Gasteiger partial charge in [0, 0.05) is 6.04 Å². The number of rotatable bonds is 8. The summed E-state index contributed by atoms with van der Waals surface area (Å²) in [5, 5.41) is 3.39. The molecule has 1 N–H and O–H groups in total. The molecule has 0 aromatic heterocycles. The van der Waals surface area contributed by atoms with E-state index < -0.39 is 18.6 Å². The van der Waals surface area contributed by atoms with Gasteiger partial charge in [0.2, 0.25) is 11.7 Å². The first-order chi connectivity index (χ1) is 17.0. The number of ketones is 1. The Morgan fingerprint density at radius 3 is 2.34 bits per heavy atom. The molecule has 1 saturated carbocycles. The van der Waals surface area contributed by atoms with Gasteiger partial charge < -0.3 is 14.8 Å². The molecule has 2 fully saturated rings. The molecule has 2 aromatic carbocycles. The molecular weight excluding hydrogens is 448 g/mol. The number of nitrogens with one attached hydrogen (secondary N) is 1. The number of esters is 1. The third kappa shape index (κ3) is 5.77. The van der Waals surface area contributed by atoms with Gasteiger partial charge in [-0.3, -0.25) is 14.4 Å². The van der Waals surface area contributed by atoms with Gasteiger partial charge in [-0.05, 0) is 49.2 Å². The van der Waals surface area contributed by atoms with Crippen LogP contribution < -0.4 is 15.0 Å². The lowest BCUT2D eigenvalue weighted by Gasteiger charge is -2.21. The SMILES string of the molecule is COc1ccccc1C(=O)COC(=O)c1ccc(N2C(=O)CC(NC3CCCCCC3)C2=O)cc1. The molecule has 2 aromatic rings. The van der Waals surface area contributed by atoms with Crippen LogP contribution in [-0.4, -0.2) is 49.4 Å².